The largest absolute Gasteiger partial charge is 0.459 e. The predicted octanol–water partition coefficient (Wildman–Crippen LogP) is 1.10. The van der Waals surface area contributed by atoms with Crippen LogP contribution in [0.3, 0.4) is 0 Å². The molecule has 17 heavy (non-hydrogen) atoms. The van der Waals surface area contributed by atoms with Gasteiger partial charge in [-0.05, 0) is 17.2 Å². The number of aromatic nitrogens is 2. The van der Waals surface area contributed by atoms with Gasteiger partial charge in [0.25, 0.3) is 0 Å². The Balaban J connectivity index is 1.97. The highest BCUT2D eigenvalue weighted by atomic mass is 16.5. The van der Waals surface area contributed by atoms with E-state index in [1.54, 1.807) is 12.3 Å². The number of anilines is 1. The van der Waals surface area contributed by atoms with Crippen LogP contribution < -0.4 is 16.2 Å². The molecule has 0 saturated carbocycles. The maximum atomic E-state index is 5.52. The lowest BCUT2D eigenvalue weighted by Crippen LogP contribution is -2.02. The molecule has 0 aliphatic heterocycles. The van der Waals surface area contributed by atoms with E-state index >= 15 is 0 Å². The van der Waals surface area contributed by atoms with Gasteiger partial charge in [-0.2, -0.15) is 4.98 Å². The van der Waals surface area contributed by atoms with Crippen molar-refractivity contribution in [3.8, 4) is 6.01 Å². The van der Waals surface area contributed by atoms with Crippen molar-refractivity contribution in [2.45, 2.75) is 13.2 Å². The van der Waals surface area contributed by atoms with Crippen LogP contribution in [0.4, 0.5) is 5.82 Å². The van der Waals surface area contributed by atoms with E-state index in [1.165, 1.54) is 0 Å². The number of nitrogens with two attached hydrogens (primary N) is 2. The fourth-order valence-corrected chi connectivity index (χ4v) is 1.34. The van der Waals surface area contributed by atoms with Gasteiger partial charge in [-0.15, -0.1) is 0 Å². The van der Waals surface area contributed by atoms with Crippen LogP contribution in [0.15, 0.2) is 36.5 Å². The molecule has 0 bridgehead atoms. The Hall–Kier alpha value is -2.14. The van der Waals surface area contributed by atoms with Gasteiger partial charge in [0, 0.05) is 12.7 Å². The first-order valence-corrected chi connectivity index (χ1v) is 5.27. The maximum Gasteiger partial charge on any atom is 0.318 e. The molecule has 1 aromatic carbocycles. The lowest BCUT2D eigenvalue weighted by molar-refractivity contribution is 0.281. The average molecular weight is 230 g/mol. The van der Waals surface area contributed by atoms with Crippen LogP contribution in [0, 0.1) is 0 Å². The highest BCUT2D eigenvalue weighted by Gasteiger charge is 1.99. The Morgan fingerprint density at radius 1 is 1.06 bits per heavy atom. The first-order valence-electron chi connectivity index (χ1n) is 5.27. The smallest absolute Gasteiger partial charge is 0.318 e. The molecule has 5 heteroatoms. The summed E-state index contributed by atoms with van der Waals surface area (Å²) in [7, 11) is 0. The number of hydrogen-bond donors (Lipinski definition) is 2. The summed E-state index contributed by atoms with van der Waals surface area (Å²) in [5.74, 6) is 0.397. The number of nitrogens with zero attached hydrogens (tertiary/aromatic N) is 2. The van der Waals surface area contributed by atoms with Crippen LogP contribution in [0.25, 0.3) is 0 Å². The van der Waals surface area contributed by atoms with Gasteiger partial charge in [-0.3, -0.25) is 0 Å². The minimum atomic E-state index is 0.285. The maximum absolute atomic E-state index is 5.52. The van der Waals surface area contributed by atoms with Crippen LogP contribution in [-0.4, -0.2) is 9.97 Å². The van der Waals surface area contributed by atoms with E-state index in [-0.39, 0.29) is 6.01 Å². The van der Waals surface area contributed by atoms with E-state index < -0.39 is 0 Å². The molecule has 0 radical (unpaired) electrons. The minimum Gasteiger partial charge on any atom is -0.459 e. The zero-order valence-corrected chi connectivity index (χ0v) is 9.34. The van der Waals surface area contributed by atoms with E-state index in [0.717, 1.165) is 11.1 Å². The number of benzene rings is 1. The molecule has 0 unspecified atom stereocenters. The van der Waals surface area contributed by atoms with Crippen molar-refractivity contribution in [3.63, 3.8) is 0 Å². The molecule has 0 saturated heterocycles. The lowest BCUT2D eigenvalue weighted by Gasteiger charge is -2.05. The summed E-state index contributed by atoms with van der Waals surface area (Å²) in [6.45, 7) is 0.952. The Kier molecular flexibility index (Phi) is 3.52. The van der Waals surface area contributed by atoms with Gasteiger partial charge in [0.05, 0.1) is 0 Å². The third-order valence-electron chi connectivity index (χ3n) is 2.28. The molecule has 5 nitrogen and oxygen atoms in total. The second-order valence-corrected chi connectivity index (χ2v) is 3.57. The van der Waals surface area contributed by atoms with Crippen LogP contribution in [-0.2, 0) is 13.2 Å². The molecule has 1 heterocycles. The zero-order chi connectivity index (χ0) is 12.1. The first kappa shape index (κ1) is 11.3. The van der Waals surface area contributed by atoms with Crippen LogP contribution in [0.1, 0.15) is 11.1 Å². The molecule has 88 valence electrons. The van der Waals surface area contributed by atoms with Gasteiger partial charge in [-0.25, -0.2) is 4.98 Å². The van der Waals surface area contributed by atoms with E-state index in [0.29, 0.717) is 19.0 Å². The summed E-state index contributed by atoms with van der Waals surface area (Å²) in [4.78, 5) is 7.90. The number of rotatable bonds is 4. The third kappa shape index (κ3) is 3.15. The Morgan fingerprint density at radius 2 is 1.76 bits per heavy atom. The van der Waals surface area contributed by atoms with E-state index in [1.807, 2.05) is 24.3 Å². The Labute approximate surface area is 99.5 Å². The summed E-state index contributed by atoms with van der Waals surface area (Å²) in [6, 6.07) is 9.77. The first-order chi connectivity index (χ1) is 8.28. The van der Waals surface area contributed by atoms with Crippen molar-refractivity contribution in [3.05, 3.63) is 47.7 Å². The molecule has 0 fully saturated rings. The summed E-state index contributed by atoms with van der Waals surface area (Å²) >= 11 is 0. The third-order valence-corrected chi connectivity index (χ3v) is 2.28. The van der Waals surface area contributed by atoms with Crippen molar-refractivity contribution >= 4 is 5.82 Å². The molecule has 2 aromatic rings. The normalized spacial score (nSPS) is 10.2. The van der Waals surface area contributed by atoms with Gasteiger partial charge in [0.1, 0.15) is 12.4 Å². The molecule has 0 spiro atoms. The Morgan fingerprint density at radius 3 is 2.41 bits per heavy atom. The van der Waals surface area contributed by atoms with Crippen LogP contribution in [0.2, 0.25) is 0 Å². The monoisotopic (exact) mass is 230 g/mol. The molecular weight excluding hydrogens is 216 g/mol. The summed E-state index contributed by atoms with van der Waals surface area (Å²) in [5, 5.41) is 0. The van der Waals surface area contributed by atoms with Crippen molar-refractivity contribution < 1.29 is 4.74 Å². The van der Waals surface area contributed by atoms with E-state index in [2.05, 4.69) is 9.97 Å². The second-order valence-electron chi connectivity index (χ2n) is 3.57. The van der Waals surface area contributed by atoms with E-state index in [4.69, 9.17) is 16.2 Å². The lowest BCUT2D eigenvalue weighted by atomic mass is 10.1. The van der Waals surface area contributed by atoms with Gasteiger partial charge < -0.3 is 16.2 Å². The molecule has 2 rings (SSSR count). The highest BCUT2D eigenvalue weighted by Crippen LogP contribution is 2.09. The van der Waals surface area contributed by atoms with Gasteiger partial charge in [0.15, 0.2) is 0 Å². The van der Waals surface area contributed by atoms with Crippen LogP contribution >= 0.6 is 0 Å². The molecule has 0 aliphatic carbocycles. The predicted molar refractivity (Wildman–Crippen MR) is 65.1 cm³/mol. The minimum absolute atomic E-state index is 0.285. The van der Waals surface area contributed by atoms with Crippen molar-refractivity contribution in [1.82, 2.24) is 9.97 Å². The number of nitrogen functional groups attached to an aromatic ring is 1. The van der Waals surface area contributed by atoms with E-state index in [9.17, 15) is 0 Å². The average Bonchev–Trinajstić information content (AvgIpc) is 2.37. The van der Waals surface area contributed by atoms with Gasteiger partial charge >= 0.3 is 6.01 Å². The fourth-order valence-electron chi connectivity index (χ4n) is 1.34. The van der Waals surface area contributed by atoms with Crippen molar-refractivity contribution in [1.29, 1.82) is 0 Å². The molecule has 0 atom stereocenters. The number of ether oxygens (including phenoxy) is 1. The summed E-state index contributed by atoms with van der Waals surface area (Å²) in [5.41, 5.74) is 13.2. The molecule has 4 N–H and O–H groups in total. The van der Waals surface area contributed by atoms with Gasteiger partial charge in [-0.1, -0.05) is 24.3 Å². The molecule has 0 aliphatic rings. The Bertz CT molecular complexity index is 484. The van der Waals surface area contributed by atoms with Gasteiger partial charge in [0.2, 0.25) is 0 Å². The quantitative estimate of drug-likeness (QED) is 0.821. The summed E-state index contributed by atoms with van der Waals surface area (Å²) < 4.78 is 5.41. The SMILES string of the molecule is NCc1ccc(COc2nccc(N)n2)cc1. The van der Waals surface area contributed by atoms with Crippen molar-refractivity contribution in [2.75, 3.05) is 5.73 Å². The topological polar surface area (TPSA) is 87.0 Å². The zero-order valence-electron chi connectivity index (χ0n) is 9.34. The highest BCUT2D eigenvalue weighted by molar-refractivity contribution is 5.27. The summed E-state index contributed by atoms with van der Waals surface area (Å²) in [6.07, 6.45) is 1.56. The van der Waals surface area contributed by atoms with Crippen molar-refractivity contribution in [2.24, 2.45) is 5.73 Å². The second kappa shape index (κ2) is 5.27. The fraction of sp³-hybridized carbons (Fsp3) is 0.167. The number of hydrogen-bond acceptors (Lipinski definition) is 5. The van der Waals surface area contributed by atoms with Crippen LogP contribution in [0.5, 0.6) is 6.01 Å². The molecule has 0 amide bonds. The standard InChI is InChI=1S/C12H14N4O/c13-7-9-1-3-10(4-2-9)8-17-12-15-6-5-11(14)16-12/h1-6H,7-8,13H2,(H2,14,15,16). The molecule has 1 aromatic heterocycles. The molecular formula is C12H14N4O.